The lowest BCUT2D eigenvalue weighted by atomic mass is 10.1. The molecule has 0 atom stereocenters. The molecule has 3 aromatic carbocycles. The summed E-state index contributed by atoms with van der Waals surface area (Å²) in [4.78, 5) is 34.8. The Bertz CT molecular complexity index is 1430. The highest BCUT2D eigenvalue weighted by atomic mass is 16.2. The summed E-state index contributed by atoms with van der Waals surface area (Å²) in [7, 11) is 0. The highest BCUT2D eigenvalue weighted by molar-refractivity contribution is 5.77. The average molecular weight is 495 g/mol. The third kappa shape index (κ3) is 6.91. The molecular weight excluding hydrogens is 464 g/mol. The molecule has 0 spiro atoms. The van der Waals surface area contributed by atoms with Gasteiger partial charge < -0.3 is 16.4 Å². The maximum absolute atomic E-state index is 13.4. The van der Waals surface area contributed by atoms with Gasteiger partial charge in [-0.3, -0.25) is 14.2 Å². The maximum atomic E-state index is 13.4. The molecule has 1 amide bonds. The molecular formula is C29H30N6O2. The van der Waals surface area contributed by atoms with Crippen molar-refractivity contribution in [2.45, 2.75) is 26.4 Å². The molecule has 0 aliphatic carbocycles. The second-order valence-electron chi connectivity index (χ2n) is 8.64. The van der Waals surface area contributed by atoms with E-state index in [0.29, 0.717) is 18.8 Å². The van der Waals surface area contributed by atoms with Gasteiger partial charge in [-0.05, 0) is 42.7 Å². The van der Waals surface area contributed by atoms with Crippen molar-refractivity contribution >= 4 is 23.8 Å². The van der Waals surface area contributed by atoms with E-state index in [-0.39, 0.29) is 23.8 Å². The molecule has 188 valence electrons. The number of carbonyl (C=O) groups excluding carboxylic acids is 1. The molecule has 0 radical (unpaired) electrons. The summed E-state index contributed by atoms with van der Waals surface area (Å²) in [5.74, 6) is -0.0577. The molecule has 0 fully saturated rings. The largest absolute Gasteiger partial charge is 0.390 e. The summed E-state index contributed by atoms with van der Waals surface area (Å²) < 4.78 is 1.47. The summed E-state index contributed by atoms with van der Waals surface area (Å²) in [6, 6.07) is 25.2. The first kappa shape index (κ1) is 25.4. The van der Waals surface area contributed by atoms with Gasteiger partial charge in [0.1, 0.15) is 6.54 Å². The fraction of sp³-hybridized carbons (Fsp3) is 0.172. The lowest BCUT2D eigenvalue weighted by Crippen LogP contribution is -2.34. The summed E-state index contributed by atoms with van der Waals surface area (Å²) in [5.41, 5.74) is 10.2. The summed E-state index contributed by atoms with van der Waals surface area (Å²) >= 11 is 0. The Hall–Kier alpha value is -4.72. The lowest BCUT2D eigenvalue weighted by molar-refractivity contribution is -0.121. The molecule has 4 N–H and O–H groups in total. The first-order valence-corrected chi connectivity index (χ1v) is 12.1. The molecule has 8 heteroatoms. The number of benzene rings is 3. The van der Waals surface area contributed by atoms with Crippen molar-refractivity contribution in [1.29, 1.82) is 0 Å². The molecule has 0 unspecified atom stereocenters. The van der Waals surface area contributed by atoms with E-state index >= 15 is 0 Å². The van der Waals surface area contributed by atoms with Gasteiger partial charge in [0, 0.05) is 18.7 Å². The Morgan fingerprint density at radius 1 is 1.03 bits per heavy atom. The van der Waals surface area contributed by atoms with E-state index in [1.807, 2.05) is 85.8 Å². The Labute approximate surface area is 215 Å². The van der Waals surface area contributed by atoms with Gasteiger partial charge >= 0.3 is 0 Å². The van der Waals surface area contributed by atoms with Crippen LogP contribution in [0.5, 0.6) is 0 Å². The SMILES string of the molecule is Cc1cccc(-c2cnc(NCCc3ccccc3)c(=O)n2CC(=O)NCc2ccc(N=CN)cc2)c1. The van der Waals surface area contributed by atoms with E-state index in [4.69, 9.17) is 5.73 Å². The quantitative estimate of drug-likeness (QED) is 0.229. The maximum Gasteiger partial charge on any atom is 0.294 e. The van der Waals surface area contributed by atoms with E-state index in [1.54, 1.807) is 6.20 Å². The van der Waals surface area contributed by atoms with Crippen LogP contribution in [0.2, 0.25) is 0 Å². The van der Waals surface area contributed by atoms with Crippen LogP contribution in [0.4, 0.5) is 11.5 Å². The van der Waals surface area contributed by atoms with Crippen molar-refractivity contribution < 1.29 is 4.79 Å². The van der Waals surface area contributed by atoms with Crippen LogP contribution in [0.15, 0.2) is 94.8 Å². The zero-order valence-corrected chi connectivity index (χ0v) is 20.7. The second-order valence-corrected chi connectivity index (χ2v) is 8.64. The number of nitrogens with zero attached hydrogens (tertiary/aromatic N) is 3. The fourth-order valence-corrected chi connectivity index (χ4v) is 3.96. The van der Waals surface area contributed by atoms with Crippen molar-refractivity contribution in [2.75, 3.05) is 11.9 Å². The number of rotatable bonds is 10. The Morgan fingerprint density at radius 2 is 1.81 bits per heavy atom. The van der Waals surface area contributed by atoms with Crippen LogP contribution in [0.3, 0.4) is 0 Å². The highest BCUT2D eigenvalue weighted by Crippen LogP contribution is 2.19. The first-order chi connectivity index (χ1) is 18.0. The number of aromatic nitrogens is 2. The molecule has 4 rings (SSSR count). The number of carbonyl (C=O) groups is 1. The van der Waals surface area contributed by atoms with Gasteiger partial charge in [0.05, 0.1) is 23.9 Å². The topological polar surface area (TPSA) is 114 Å². The van der Waals surface area contributed by atoms with E-state index in [1.165, 1.54) is 10.9 Å². The van der Waals surface area contributed by atoms with E-state index in [2.05, 4.69) is 20.6 Å². The fourth-order valence-electron chi connectivity index (χ4n) is 3.96. The minimum Gasteiger partial charge on any atom is -0.390 e. The van der Waals surface area contributed by atoms with E-state index < -0.39 is 0 Å². The number of aliphatic imine (C=N–C) groups is 1. The molecule has 37 heavy (non-hydrogen) atoms. The predicted molar refractivity (Wildman–Crippen MR) is 148 cm³/mol. The van der Waals surface area contributed by atoms with Crippen LogP contribution in [0.25, 0.3) is 11.3 Å². The summed E-state index contributed by atoms with van der Waals surface area (Å²) in [6.07, 6.45) is 3.63. The third-order valence-corrected chi connectivity index (χ3v) is 5.87. The number of nitrogens with two attached hydrogens (primary N) is 1. The van der Waals surface area contributed by atoms with Crippen LogP contribution in [-0.2, 0) is 24.3 Å². The zero-order chi connectivity index (χ0) is 26.0. The lowest BCUT2D eigenvalue weighted by Gasteiger charge is -2.15. The minimum absolute atomic E-state index is 0.131. The number of hydrogen-bond acceptors (Lipinski definition) is 5. The number of aryl methyl sites for hydroxylation is 1. The van der Waals surface area contributed by atoms with Crippen LogP contribution in [-0.4, -0.2) is 28.3 Å². The molecule has 0 aliphatic rings. The minimum atomic E-state index is -0.341. The van der Waals surface area contributed by atoms with Gasteiger partial charge in [0.2, 0.25) is 5.91 Å². The van der Waals surface area contributed by atoms with E-state index in [0.717, 1.165) is 34.4 Å². The van der Waals surface area contributed by atoms with Gasteiger partial charge in [-0.2, -0.15) is 0 Å². The van der Waals surface area contributed by atoms with Crippen LogP contribution in [0.1, 0.15) is 16.7 Å². The molecule has 0 saturated carbocycles. The molecule has 0 saturated heterocycles. The van der Waals surface area contributed by atoms with Crippen LogP contribution >= 0.6 is 0 Å². The number of amides is 1. The molecule has 0 bridgehead atoms. The second kappa shape index (κ2) is 12.3. The van der Waals surface area contributed by atoms with Crippen molar-refractivity contribution in [3.63, 3.8) is 0 Å². The van der Waals surface area contributed by atoms with Crippen molar-refractivity contribution in [3.8, 4) is 11.3 Å². The van der Waals surface area contributed by atoms with Crippen LogP contribution in [0, 0.1) is 6.92 Å². The van der Waals surface area contributed by atoms with Gasteiger partial charge in [-0.1, -0.05) is 66.2 Å². The number of nitrogens with one attached hydrogen (secondary N) is 2. The highest BCUT2D eigenvalue weighted by Gasteiger charge is 2.15. The Morgan fingerprint density at radius 3 is 2.54 bits per heavy atom. The molecule has 1 aromatic heterocycles. The Balaban J connectivity index is 1.52. The van der Waals surface area contributed by atoms with Crippen molar-refractivity contribution in [3.05, 3.63) is 112 Å². The average Bonchev–Trinajstić information content (AvgIpc) is 2.91. The normalized spacial score (nSPS) is 10.9. The zero-order valence-electron chi connectivity index (χ0n) is 20.7. The van der Waals surface area contributed by atoms with Crippen molar-refractivity contribution in [2.24, 2.45) is 10.7 Å². The van der Waals surface area contributed by atoms with E-state index in [9.17, 15) is 9.59 Å². The third-order valence-electron chi connectivity index (χ3n) is 5.87. The monoisotopic (exact) mass is 494 g/mol. The van der Waals surface area contributed by atoms with Gasteiger partial charge in [0.15, 0.2) is 5.82 Å². The standard InChI is InChI=1S/C29H30N6O2/c1-21-6-5-9-24(16-21)26-18-33-28(31-15-14-22-7-3-2-4-8-22)29(37)35(26)19-27(36)32-17-23-10-12-25(13-11-23)34-20-30/h2-13,16,18,20H,14-15,17,19H2,1H3,(H2,30,34)(H,31,33)(H,32,36). The smallest absolute Gasteiger partial charge is 0.294 e. The molecule has 1 heterocycles. The molecule has 0 aliphatic heterocycles. The molecule has 4 aromatic rings. The van der Waals surface area contributed by atoms with Gasteiger partial charge in [-0.25, -0.2) is 9.98 Å². The predicted octanol–water partition coefficient (Wildman–Crippen LogP) is 3.81. The first-order valence-electron chi connectivity index (χ1n) is 12.1. The molecule has 8 nitrogen and oxygen atoms in total. The summed E-state index contributed by atoms with van der Waals surface area (Å²) in [5, 5.41) is 6.04. The number of anilines is 1. The van der Waals surface area contributed by atoms with Gasteiger partial charge in [-0.15, -0.1) is 0 Å². The number of hydrogen-bond donors (Lipinski definition) is 3. The van der Waals surface area contributed by atoms with Gasteiger partial charge in [0.25, 0.3) is 5.56 Å². The van der Waals surface area contributed by atoms with Crippen molar-refractivity contribution in [1.82, 2.24) is 14.9 Å². The Kier molecular flexibility index (Phi) is 8.44. The van der Waals surface area contributed by atoms with Crippen LogP contribution < -0.4 is 21.9 Å². The summed E-state index contributed by atoms with van der Waals surface area (Å²) in [6.45, 7) is 2.73.